The summed E-state index contributed by atoms with van der Waals surface area (Å²) in [4.78, 5) is 11.8. The molecule has 3 heteroatoms. The average Bonchev–Trinajstić information content (AvgIpc) is 2.80. The van der Waals surface area contributed by atoms with Gasteiger partial charge in [0.05, 0.1) is 18.8 Å². The molecule has 3 aromatic carbocycles. The normalized spacial score (nSPS) is 10.8. The minimum absolute atomic E-state index is 0.221. The van der Waals surface area contributed by atoms with Gasteiger partial charge in [-0.2, -0.15) is 0 Å². The number of ether oxygens (including phenoxy) is 2. The molecule has 0 amide bonds. The maximum atomic E-state index is 11.8. The summed E-state index contributed by atoms with van der Waals surface area (Å²) in [5, 5.41) is 2.48. The molecule has 0 atom stereocenters. The quantitative estimate of drug-likeness (QED) is 0.223. The fourth-order valence-electron chi connectivity index (χ4n) is 3.53. The van der Waals surface area contributed by atoms with E-state index in [2.05, 4.69) is 42.5 Å². The van der Waals surface area contributed by atoms with Crippen LogP contribution in [-0.2, 0) is 4.74 Å². The molecule has 3 nitrogen and oxygen atoms in total. The minimum Gasteiger partial charge on any atom is -0.494 e. The molecule has 0 radical (unpaired) electrons. The topological polar surface area (TPSA) is 35.5 Å². The van der Waals surface area contributed by atoms with Crippen LogP contribution >= 0.6 is 0 Å². The fourth-order valence-corrected chi connectivity index (χ4v) is 3.53. The first-order chi connectivity index (χ1) is 14.8. The van der Waals surface area contributed by atoms with Crippen molar-refractivity contribution in [2.24, 2.45) is 0 Å². The van der Waals surface area contributed by atoms with Crippen molar-refractivity contribution in [3.8, 4) is 5.75 Å². The summed E-state index contributed by atoms with van der Waals surface area (Å²) in [6, 6.07) is 23.8. The van der Waals surface area contributed by atoms with Gasteiger partial charge in [0, 0.05) is 0 Å². The highest BCUT2D eigenvalue weighted by atomic mass is 16.5. The number of fused-ring (bicyclic) bond motifs is 1. The first-order valence-corrected chi connectivity index (χ1v) is 11.2. The highest BCUT2D eigenvalue weighted by Crippen LogP contribution is 2.21. The molecule has 0 aliphatic heterocycles. The minimum atomic E-state index is -0.221. The predicted molar refractivity (Wildman–Crippen MR) is 123 cm³/mol. The molecule has 0 unspecified atom stereocenters. The maximum Gasteiger partial charge on any atom is 0.338 e. The number of hydrogen-bond donors (Lipinski definition) is 0. The van der Waals surface area contributed by atoms with Crippen LogP contribution in [0.15, 0.2) is 72.8 Å². The van der Waals surface area contributed by atoms with Crippen LogP contribution in [0.3, 0.4) is 0 Å². The van der Waals surface area contributed by atoms with E-state index in [0.717, 1.165) is 31.6 Å². The van der Waals surface area contributed by atoms with Gasteiger partial charge < -0.3 is 9.47 Å². The molecule has 0 saturated carbocycles. The summed E-state index contributed by atoms with van der Waals surface area (Å²) in [7, 11) is 0. The van der Waals surface area contributed by atoms with Crippen LogP contribution in [0.5, 0.6) is 5.75 Å². The van der Waals surface area contributed by atoms with Gasteiger partial charge in [-0.25, -0.2) is 4.79 Å². The van der Waals surface area contributed by atoms with E-state index in [0.29, 0.717) is 12.2 Å². The van der Waals surface area contributed by atoms with Crippen molar-refractivity contribution >= 4 is 16.7 Å². The lowest BCUT2D eigenvalue weighted by Gasteiger charge is -2.07. The van der Waals surface area contributed by atoms with E-state index in [1.165, 1.54) is 42.9 Å². The van der Waals surface area contributed by atoms with Crippen molar-refractivity contribution in [1.82, 2.24) is 0 Å². The van der Waals surface area contributed by atoms with Crippen LogP contribution in [0.25, 0.3) is 10.8 Å². The highest BCUT2D eigenvalue weighted by molar-refractivity contribution is 5.89. The molecule has 3 aromatic rings. The Balaban J connectivity index is 1.14. The molecule has 158 valence electrons. The van der Waals surface area contributed by atoms with Gasteiger partial charge in [-0.1, -0.05) is 87.1 Å². The lowest BCUT2D eigenvalue weighted by atomic mass is 10.1. The Morgan fingerprint density at radius 2 is 1.20 bits per heavy atom. The number of rotatable bonds is 13. The van der Waals surface area contributed by atoms with Crippen LogP contribution < -0.4 is 4.74 Å². The van der Waals surface area contributed by atoms with Crippen molar-refractivity contribution in [2.45, 2.75) is 51.4 Å². The average molecular weight is 405 g/mol. The molecule has 0 fully saturated rings. The van der Waals surface area contributed by atoms with Crippen molar-refractivity contribution < 1.29 is 14.3 Å². The molecule has 0 spiro atoms. The Morgan fingerprint density at radius 1 is 0.600 bits per heavy atom. The Labute approximate surface area is 180 Å². The molecular weight excluding hydrogens is 372 g/mol. The Kier molecular flexibility index (Phi) is 9.26. The first kappa shape index (κ1) is 21.9. The van der Waals surface area contributed by atoms with E-state index < -0.39 is 0 Å². The van der Waals surface area contributed by atoms with Crippen molar-refractivity contribution in [1.29, 1.82) is 0 Å². The Bertz CT molecular complexity index is 889. The van der Waals surface area contributed by atoms with Crippen molar-refractivity contribution in [3.05, 3.63) is 78.4 Å². The Morgan fingerprint density at radius 3 is 1.93 bits per heavy atom. The van der Waals surface area contributed by atoms with Crippen molar-refractivity contribution in [2.75, 3.05) is 13.2 Å². The highest BCUT2D eigenvalue weighted by Gasteiger charge is 2.04. The zero-order valence-electron chi connectivity index (χ0n) is 17.7. The van der Waals surface area contributed by atoms with E-state index in [-0.39, 0.29) is 5.97 Å². The van der Waals surface area contributed by atoms with Gasteiger partial charge in [-0.05, 0) is 47.9 Å². The molecular formula is C27H32O3. The summed E-state index contributed by atoms with van der Waals surface area (Å²) < 4.78 is 11.2. The summed E-state index contributed by atoms with van der Waals surface area (Å²) >= 11 is 0. The number of unbranched alkanes of at least 4 members (excludes halogenated alkanes) is 7. The van der Waals surface area contributed by atoms with E-state index in [1.54, 1.807) is 12.1 Å². The van der Waals surface area contributed by atoms with E-state index in [4.69, 9.17) is 9.47 Å². The van der Waals surface area contributed by atoms with Crippen LogP contribution in [0.2, 0.25) is 0 Å². The molecule has 0 N–H and O–H groups in total. The Hall–Kier alpha value is -2.81. The van der Waals surface area contributed by atoms with Gasteiger partial charge in [0.2, 0.25) is 0 Å². The first-order valence-electron chi connectivity index (χ1n) is 11.2. The fraction of sp³-hybridized carbons (Fsp3) is 0.370. The maximum absolute atomic E-state index is 11.8. The lowest BCUT2D eigenvalue weighted by Crippen LogP contribution is -2.06. The van der Waals surface area contributed by atoms with Crippen molar-refractivity contribution in [3.63, 3.8) is 0 Å². The monoisotopic (exact) mass is 404 g/mol. The smallest absolute Gasteiger partial charge is 0.338 e. The second-order valence-corrected chi connectivity index (χ2v) is 7.69. The zero-order valence-corrected chi connectivity index (χ0v) is 17.7. The predicted octanol–water partition coefficient (Wildman–Crippen LogP) is 7.20. The molecule has 3 rings (SSSR count). The van der Waals surface area contributed by atoms with Crippen LogP contribution in [0.4, 0.5) is 0 Å². The molecule has 0 aromatic heterocycles. The van der Waals surface area contributed by atoms with Gasteiger partial charge in [0.25, 0.3) is 0 Å². The lowest BCUT2D eigenvalue weighted by molar-refractivity contribution is 0.0497. The van der Waals surface area contributed by atoms with E-state index >= 15 is 0 Å². The third-order valence-electron chi connectivity index (χ3n) is 5.27. The number of benzene rings is 3. The van der Waals surface area contributed by atoms with Gasteiger partial charge >= 0.3 is 5.97 Å². The standard InChI is InChI=1S/C27H32O3/c28-27(24-15-8-7-9-16-24)30-21-13-6-4-2-1-3-5-12-20-29-26-19-18-23-14-10-11-17-25(23)22-26/h7-11,14-19,22H,1-6,12-13,20-21H2. The van der Waals surface area contributed by atoms with Gasteiger partial charge in [0.1, 0.15) is 5.75 Å². The van der Waals surface area contributed by atoms with Crippen LogP contribution in [-0.4, -0.2) is 19.2 Å². The molecule has 0 aliphatic carbocycles. The molecule has 30 heavy (non-hydrogen) atoms. The van der Waals surface area contributed by atoms with E-state index in [1.807, 2.05) is 18.2 Å². The van der Waals surface area contributed by atoms with Gasteiger partial charge in [-0.3, -0.25) is 0 Å². The number of hydrogen-bond acceptors (Lipinski definition) is 3. The zero-order chi connectivity index (χ0) is 20.9. The molecule has 0 saturated heterocycles. The van der Waals surface area contributed by atoms with E-state index in [9.17, 15) is 4.79 Å². The SMILES string of the molecule is O=C(OCCCCCCCCCCOc1ccc2ccccc2c1)c1ccccc1. The summed E-state index contributed by atoms with van der Waals surface area (Å²) in [6.07, 6.45) is 9.34. The van der Waals surface area contributed by atoms with Gasteiger partial charge in [0.15, 0.2) is 0 Å². The second-order valence-electron chi connectivity index (χ2n) is 7.69. The number of carbonyl (C=O) groups excluding carboxylic acids is 1. The van der Waals surface area contributed by atoms with Gasteiger partial charge in [-0.15, -0.1) is 0 Å². The molecule has 0 aliphatic rings. The molecule has 0 heterocycles. The second kappa shape index (κ2) is 12.7. The third-order valence-corrected chi connectivity index (χ3v) is 5.27. The summed E-state index contributed by atoms with van der Waals surface area (Å²) in [6.45, 7) is 1.30. The summed E-state index contributed by atoms with van der Waals surface area (Å²) in [5.41, 5.74) is 0.627. The molecule has 0 bridgehead atoms. The number of carbonyl (C=O) groups is 1. The number of esters is 1. The summed E-state index contributed by atoms with van der Waals surface area (Å²) in [5.74, 6) is 0.739. The third kappa shape index (κ3) is 7.55. The van der Waals surface area contributed by atoms with Crippen LogP contribution in [0, 0.1) is 0 Å². The van der Waals surface area contributed by atoms with Crippen LogP contribution in [0.1, 0.15) is 61.7 Å². The largest absolute Gasteiger partial charge is 0.494 e.